The molecule has 1 aromatic rings. The molecule has 1 unspecified atom stereocenters. The van der Waals surface area contributed by atoms with Gasteiger partial charge >= 0.3 is 0 Å². The minimum Gasteiger partial charge on any atom is -0.351 e. The number of amides is 1. The Morgan fingerprint density at radius 2 is 2.35 bits per heavy atom. The number of carbonyl (C=O) groups excluding carboxylic acids is 1. The maximum absolute atomic E-state index is 11.8. The summed E-state index contributed by atoms with van der Waals surface area (Å²) in [6.45, 7) is 4.84. The van der Waals surface area contributed by atoms with Gasteiger partial charge in [-0.2, -0.15) is 0 Å². The first-order valence-corrected chi connectivity index (χ1v) is 7.87. The van der Waals surface area contributed by atoms with Crippen molar-refractivity contribution in [2.75, 3.05) is 11.9 Å². The minimum absolute atomic E-state index is 0.00581. The predicted octanol–water partition coefficient (Wildman–Crippen LogP) is 3.38. The monoisotopic (exact) mass is 318 g/mol. The van der Waals surface area contributed by atoms with Gasteiger partial charge in [0.05, 0.1) is 11.2 Å². The normalized spacial score (nSPS) is 12.4. The maximum Gasteiger partial charge on any atom is 0.263 e. The molecule has 0 aliphatic heterocycles. The van der Waals surface area contributed by atoms with E-state index in [1.54, 1.807) is 6.20 Å². The summed E-state index contributed by atoms with van der Waals surface area (Å²) in [6.07, 6.45) is 5.07. The molecular weight excluding hydrogens is 300 g/mol. The number of hydrogen-bond acceptors (Lipinski definition) is 3. The summed E-state index contributed by atoms with van der Waals surface area (Å²) in [6, 6.07) is 0. The van der Waals surface area contributed by atoms with Gasteiger partial charge in [-0.15, -0.1) is 11.3 Å². The number of aryl methyl sites for hydroxylation is 1. The molecule has 5 heteroatoms. The smallest absolute Gasteiger partial charge is 0.263 e. The van der Waals surface area contributed by atoms with Crippen molar-refractivity contribution in [2.45, 2.75) is 33.1 Å². The van der Waals surface area contributed by atoms with Crippen molar-refractivity contribution >= 4 is 33.2 Å². The topological polar surface area (TPSA) is 42.0 Å². The van der Waals surface area contributed by atoms with Crippen LogP contribution in [-0.2, 0) is 0 Å². The largest absolute Gasteiger partial charge is 0.351 e. The van der Waals surface area contributed by atoms with Crippen LogP contribution in [0.5, 0.6) is 0 Å². The molecule has 0 spiro atoms. The first-order valence-electron chi connectivity index (χ1n) is 5.94. The Kier molecular flexibility index (Phi) is 6.73. The molecule has 0 bridgehead atoms. The zero-order valence-corrected chi connectivity index (χ0v) is 12.7. The summed E-state index contributed by atoms with van der Waals surface area (Å²) in [5, 5.41) is 4.92. The summed E-state index contributed by atoms with van der Waals surface area (Å²) < 4.78 is 0. The fourth-order valence-electron chi connectivity index (χ4n) is 1.70. The second-order valence-electron chi connectivity index (χ2n) is 4.09. The van der Waals surface area contributed by atoms with E-state index in [0.717, 1.165) is 36.1 Å². The summed E-state index contributed by atoms with van der Waals surface area (Å²) >= 11 is 4.90. The molecule has 0 saturated carbocycles. The van der Waals surface area contributed by atoms with Crippen molar-refractivity contribution in [3.05, 3.63) is 16.1 Å². The van der Waals surface area contributed by atoms with E-state index < -0.39 is 0 Å². The van der Waals surface area contributed by atoms with Crippen LogP contribution in [0.2, 0.25) is 0 Å². The van der Waals surface area contributed by atoms with Crippen LogP contribution in [0.4, 0.5) is 0 Å². The molecule has 0 saturated heterocycles. The van der Waals surface area contributed by atoms with Gasteiger partial charge in [-0.25, -0.2) is 4.98 Å². The minimum atomic E-state index is 0.00581. The molecule has 0 aliphatic rings. The molecule has 96 valence electrons. The third-order valence-corrected chi connectivity index (χ3v) is 3.98. The zero-order valence-electron chi connectivity index (χ0n) is 10.3. The van der Waals surface area contributed by atoms with Crippen molar-refractivity contribution < 1.29 is 4.79 Å². The molecule has 17 heavy (non-hydrogen) atoms. The molecular formula is C12H19BrN2OS. The molecule has 1 atom stereocenters. The fourth-order valence-corrected chi connectivity index (χ4v) is 3.04. The van der Waals surface area contributed by atoms with Gasteiger partial charge in [0, 0.05) is 11.9 Å². The Labute approximate surface area is 115 Å². The van der Waals surface area contributed by atoms with E-state index >= 15 is 0 Å². The van der Waals surface area contributed by atoms with Gasteiger partial charge in [-0.3, -0.25) is 4.79 Å². The first kappa shape index (κ1) is 14.6. The molecule has 0 aromatic carbocycles. The van der Waals surface area contributed by atoms with Crippen LogP contribution in [-0.4, -0.2) is 22.8 Å². The molecule has 0 aliphatic carbocycles. The van der Waals surface area contributed by atoms with E-state index in [1.165, 1.54) is 11.3 Å². The molecule has 1 N–H and O–H groups in total. The van der Waals surface area contributed by atoms with E-state index in [2.05, 4.69) is 33.2 Å². The quantitative estimate of drug-likeness (QED) is 0.783. The van der Waals surface area contributed by atoms with Crippen LogP contribution in [0.15, 0.2) is 6.20 Å². The number of rotatable bonds is 7. The summed E-state index contributed by atoms with van der Waals surface area (Å²) in [4.78, 5) is 16.6. The third-order valence-electron chi connectivity index (χ3n) is 2.61. The lowest BCUT2D eigenvalue weighted by Gasteiger charge is -2.15. The zero-order chi connectivity index (χ0) is 12.7. The maximum atomic E-state index is 11.8. The van der Waals surface area contributed by atoms with Gasteiger partial charge in [0.25, 0.3) is 5.91 Å². The van der Waals surface area contributed by atoms with E-state index in [4.69, 9.17) is 0 Å². The number of alkyl halides is 1. The Morgan fingerprint density at radius 1 is 1.59 bits per heavy atom. The molecule has 1 heterocycles. The highest BCUT2D eigenvalue weighted by atomic mass is 79.9. The number of nitrogens with zero attached hydrogens (tertiary/aromatic N) is 1. The number of nitrogens with one attached hydrogen (secondary N) is 1. The van der Waals surface area contributed by atoms with Crippen molar-refractivity contribution in [1.29, 1.82) is 0 Å². The van der Waals surface area contributed by atoms with Crippen LogP contribution < -0.4 is 5.32 Å². The molecule has 1 amide bonds. The van der Waals surface area contributed by atoms with Crippen LogP contribution in [0.3, 0.4) is 0 Å². The summed E-state index contributed by atoms with van der Waals surface area (Å²) in [5.74, 6) is 0.573. The van der Waals surface area contributed by atoms with Gasteiger partial charge in [-0.1, -0.05) is 29.3 Å². The predicted molar refractivity (Wildman–Crippen MR) is 76.0 cm³/mol. The number of hydrogen-bond donors (Lipinski definition) is 1. The van der Waals surface area contributed by atoms with E-state index in [0.29, 0.717) is 10.8 Å². The highest BCUT2D eigenvalue weighted by Gasteiger charge is 2.12. The van der Waals surface area contributed by atoms with Gasteiger partial charge in [-0.05, 0) is 25.7 Å². The van der Waals surface area contributed by atoms with Crippen molar-refractivity contribution in [3.8, 4) is 0 Å². The first-order chi connectivity index (χ1) is 8.17. The van der Waals surface area contributed by atoms with Gasteiger partial charge < -0.3 is 5.32 Å². The van der Waals surface area contributed by atoms with Crippen LogP contribution >= 0.6 is 27.3 Å². The second-order valence-corrected chi connectivity index (χ2v) is 6.11. The molecule has 3 nitrogen and oxygen atoms in total. The lowest BCUT2D eigenvalue weighted by Crippen LogP contribution is -2.29. The number of aromatic nitrogens is 1. The van der Waals surface area contributed by atoms with Crippen molar-refractivity contribution in [1.82, 2.24) is 10.3 Å². The molecule has 0 fully saturated rings. The van der Waals surface area contributed by atoms with Crippen LogP contribution in [0.1, 0.15) is 40.9 Å². The third kappa shape index (κ3) is 5.17. The van der Waals surface area contributed by atoms with Crippen molar-refractivity contribution in [3.63, 3.8) is 0 Å². The summed E-state index contributed by atoms with van der Waals surface area (Å²) in [7, 11) is 0. The Morgan fingerprint density at radius 3 is 2.88 bits per heavy atom. The lowest BCUT2D eigenvalue weighted by atomic mass is 10.0. The summed E-state index contributed by atoms with van der Waals surface area (Å²) in [5.41, 5.74) is 0. The average Bonchev–Trinajstić information content (AvgIpc) is 2.73. The van der Waals surface area contributed by atoms with E-state index in [9.17, 15) is 4.79 Å². The van der Waals surface area contributed by atoms with Crippen LogP contribution in [0, 0.1) is 12.8 Å². The van der Waals surface area contributed by atoms with Crippen molar-refractivity contribution in [2.24, 2.45) is 5.92 Å². The SMILES string of the molecule is CCCC(CCBr)CNC(=O)c1cnc(C)s1. The average molecular weight is 319 g/mol. The van der Waals surface area contributed by atoms with Gasteiger partial charge in [0.15, 0.2) is 0 Å². The number of thiazole rings is 1. The van der Waals surface area contributed by atoms with Gasteiger partial charge in [0.1, 0.15) is 4.88 Å². The Balaban J connectivity index is 2.40. The van der Waals surface area contributed by atoms with Crippen LogP contribution in [0.25, 0.3) is 0 Å². The standard InChI is InChI=1S/C12H19BrN2OS/c1-3-4-10(5-6-13)7-15-12(16)11-8-14-9(2)17-11/h8,10H,3-7H2,1-2H3,(H,15,16). The Bertz CT molecular complexity index is 348. The molecule has 1 rings (SSSR count). The van der Waals surface area contributed by atoms with E-state index in [-0.39, 0.29) is 5.91 Å². The number of carbonyl (C=O) groups is 1. The fraction of sp³-hybridized carbons (Fsp3) is 0.667. The van der Waals surface area contributed by atoms with E-state index in [1.807, 2.05) is 6.92 Å². The highest BCUT2D eigenvalue weighted by molar-refractivity contribution is 9.09. The lowest BCUT2D eigenvalue weighted by molar-refractivity contribution is 0.0950. The second kappa shape index (κ2) is 7.82. The van der Waals surface area contributed by atoms with Gasteiger partial charge in [0.2, 0.25) is 0 Å². The molecule has 0 radical (unpaired) electrons. The number of halogens is 1. The Hall–Kier alpha value is -0.420. The molecule has 1 aromatic heterocycles. The highest BCUT2D eigenvalue weighted by Crippen LogP contribution is 2.14.